The highest BCUT2D eigenvalue weighted by atomic mass is 35.5. The van der Waals surface area contributed by atoms with E-state index >= 15 is 0 Å². The number of aromatic nitrogens is 3. The van der Waals surface area contributed by atoms with E-state index in [0.717, 1.165) is 0 Å². The molecule has 4 N–H and O–H groups in total. The number of rotatable bonds is 3. The fraction of sp³-hybridized carbons (Fsp3) is 0. The lowest BCUT2D eigenvalue weighted by Gasteiger charge is -2.06. The largest absolute Gasteiger partial charge is 0.382 e. The van der Waals surface area contributed by atoms with Crippen LogP contribution in [0.3, 0.4) is 0 Å². The van der Waals surface area contributed by atoms with Crippen LogP contribution in [0.5, 0.6) is 0 Å². The number of nitrogens with zero attached hydrogens (tertiary/aromatic N) is 3. The lowest BCUT2D eigenvalue weighted by Crippen LogP contribution is -2.04. The number of anilines is 2. The molecule has 0 unspecified atom stereocenters. The Morgan fingerprint density at radius 3 is 2.88 bits per heavy atom. The molecule has 82 valence electrons. The van der Waals surface area contributed by atoms with Gasteiger partial charge in [-0.3, -0.25) is 0 Å². The number of benzene rings is 1. The molecule has 0 bridgehead atoms. The van der Waals surface area contributed by atoms with Gasteiger partial charge < -0.3 is 11.4 Å². The second kappa shape index (κ2) is 4.11. The van der Waals surface area contributed by atoms with E-state index in [1.807, 2.05) is 0 Å². The quantitative estimate of drug-likeness (QED) is 0.883. The van der Waals surface area contributed by atoms with Crippen molar-refractivity contribution in [2.75, 3.05) is 11.4 Å². The third kappa shape index (κ3) is 1.87. The van der Waals surface area contributed by atoms with Crippen LogP contribution in [-0.4, -0.2) is 15.2 Å². The Labute approximate surface area is 111 Å². The molecule has 0 aliphatic rings. The van der Waals surface area contributed by atoms with Crippen molar-refractivity contribution in [1.29, 1.82) is 0 Å². The number of halogens is 2. The maximum absolute atomic E-state index is 7.92. The van der Waals surface area contributed by atoms with Crippen LogP contribution in [0, 0.1) is 0 Å². The fourth-order valence-corrected chi connectivity index (χ4v) is 1.33. The van der Waals surface area contributed by atoms with Gasteiger partial charge in [0.15, 0.2) is 11.5 Å². The standard InChI is InChI=1S/C9H7Cl2N5/c10-5-3-1-2-4(6(5)11)7-8(12)14-9(13)16-15-7/h1-3H,(H4,12,13,14,16)/i1D,2D,3D/hD4. The van der Waals surface area contributed by atoms with Crippen LogP contribution in [0.2, 0.25) is 15.7 Å². The lowest BCUT2D eigenvalue weighted by molar-refractivity contribution is 1.000. The van der Waals surface area contributed by atoms with Gasteiger partial charge in [-0.15, -0.1) is 10.2 Å². The van der Waals surface area contributed by atoms with Gasteiger partial charge in [0.1, 0.15) is 5.69 Å². The number of nitrogen functional groups attached to an aromatic ring is 2. The molecule has 5 nitrogen and oxygen atoms in total. The van der Waals surface area contributed by atoms with Crippen LogP contribution >= 0.6 is 23.2 Å². The second-order valence-electron chi connectivity index (χ2n) is 2.66. The number of hydrogen-bond donors (Lipinski definition) is 2. The molecule has 2 rings (SSSR count). The Balaban J connectivity index is 2.82. The maximum atomic E-state index is 7.92. The van der Waals surface area contributed by atoms with Crippen LogP contribution in [0.4, 0.5) is 11.8 Å². The number of hydrogen-bond acceptors (Lipinski definition) is 5. The molecule has 0 fully saturated rings. The van der Waals surface area contributed by atoms with Crippen molar-refractivity contribution in [3.8, 4) is 11.3 Å². The molecule has 7 heteroatoms. The van der Waals surface area contributed by atoms with Crippen molar-refractivity contribution in [2.45, 2.75) is 0 Å². The van der Waals surface area contributed by atoms with Gasteiger partial charge in [0.05, 0.1) is 14.2 Å². The Hall–Kier alpha value is -1.59. The minimum atomic E-state index is -0.518. The van der Waals surface area contributed by atoms with Crippen LogP contribution in [0.15, 0.2) is 18.1 Å². The Kier molecular flexibility index (Phi) is 1.33. The minimum Gasteiger partial charge on any atom is -0.382 e. The average molecular weight is 263 g/mol. The highest BCUT2D eigenvalue weighted by Crippen LogP contribution is 2.33. The molecule has 0 spiro atoms. The molecule has 1 heterocycles. The van der Waals surface area contributed by atoms with E-state index < -0.39 is 29.9 Å². The molecule has 2 aromatic rings. The summed E-state index contributed by atoms with van der Waals surface area (Å²) in [7, 11) is 0. The summed E-state index contributed by atoms with van der Waals surface area (Å²) in [6.07, 6.45) is 0. The minimum absolute atomic E-state index is 0.0305. The summed E-state index contributed by atoms with van der Waals surface area (Å²) in [6.45, 7) is 0. The summed E-state index contributed by atoms with van der Waals surface area (Å²) in [5.41, 5.74) is -0.446. The maximum Gasteiger partial charge on any atom is 0.242 e. The zero-order chi connectivity index (χ0) is 17.5. The molecule has 16 heavy (non-hydrogen) atoms. The molecule has 0 amide bonds. The summed E-state index contributed by atoms with van der Waals surface area (Å²) in [5.74, 6) is -0.978. The van der Waals surface area contributed by atoms with Crippen molar-refractivity contribution in [3.63, 3.8) is 0 Å². The highest BCUT2D eigenvalue weighted by molar-refractivity contribution is 6.43. The summed E-state index contributed by atoms with van der Waals surface area (Å²) in [5, 5.41) is 6.55. The Morgan fingerprint density at radius 2 is 2.12 bits per heavy atom. The van der Waals surface area contributed by atoms with Crippen LogP contribution in [-0.2, 0) is 0 Å². The third-order valence-electron chi connectivity index (χ3n) is 1.67. The normalized spacial score (nSPS) is 16.0. The van der Waals surface area contributed by atoms with Gasteiger partial charge in [-0.2, -0.15) is 4.98 Å². The molecular formula is C9H7Cl2N5. The van der Waals surface area contributed by atoms with Gasteiger partial charge in [-0.05, 0) is 6.04 Å². The van der Waals surface area contributed by atoms with Crippen molar-refractivity contribution >= 4 is 35.0 Å². The van der Waals surface area contributed by atoms with E-state index in [0.29, 0.717) is 0 Å². The van der Waals surface area contributed by atoms with Crippen LogP contribution < -0.4 is 11.4 Å². The molecule has 0 radical (unpaired) electrons. The molecule has 0 saturated carbocycles. The average Bonchev–Trinajstić information content (AvgIpc) is 2.51. The van der Waals surface area contributed by atoms with Gasteiger partial charge >= 0.3 is 0 Å². The SMILES string of the molecule is [2H]c1c([2H])c(Cl)c(Cl)c(-c2nnc(N([2H])[2H])nc2N([2H])[2H])c1[2H]. The molecule has 0 aliphatic heterocycles. The molecule has 0 aliphatic carbocycles. The molecule has 0 saturated heterocycles. The van der Waals surface area contributed by atoms with Crippen molar-refractivity contribution in [2.24, 2.45) is 0 Å². The van der Waals surface area contributed by atoms with Gasteiger partial charge in [0, 0.05) is 5.56 Å². The van der Waals surface area contributed by atoms with Gasteiger partial charge in [-0.1, -0.05) is 35.3 Å². The van der Waals surface area contributed by atoms with E-state index in [4.69, 9.17) is 33.0 Å². The molecular weight excluding hydrogens is 249 g/mol. The first-order valence-electron chi connectivity index (χ1n) is 7.21. The van der Waals surface area contributed by atoms with Crippen LogP contribution in [0.25, 0.3) is 11.3 Å². The Morgan fingerprint density at radius 1 is 1.25 bits per heavy atom. The van der Waals surface area contributed by atoms with E-state index in [-0.39, 0.29) is 32.7 Å². The van der Waals surface area contributed by atoms with Crippen molar-refractivity contribution in [3.05, 3.63) is 28.2 Å². The van der Waals surface area contributed by atoms with E-state index in [2.05, 4.69) is 15.2 Å². The monoisotopic (exact) mass is 262 g/mol. The predicted molar refractivity (Wildman–Crippen MR) is 64.1 cm³/mol. The van der Waals surface area contributed by atoms with Crippen LogP contribution in [0.1, 0.15) is 4.11 Å². The summed E-state index contributed by atoms with van der Waals surface area (Å²) in [4.78, 5) is 3.65. The highest BCUT2D eigenvalue weighted by Gasteiger charge is 2.12. The van der Waals surface area contributed by atoms with E-state index in [9.17, 15) is 0 Å². The third-order valence-corrected chi connectivity index (χ3v) is 2.42. The van der Waals surface area contributed by atoms with Crippen molar-refractivity contribution < 1.29 is 9.76 Å². The second-order valence-corrected chi connectivity index (χ2v) is 3.42. The summed E-state index contributed by atoms with van der Waals surface area (Å²) < 4.78 is 52.0. The molecule has 1 aromatic carbocycles. The summed E-state index contributed by atoms with van der Waals surface area (Å²) >= 11 is 11.9. The molecule has 1 aromatic heterocycles. The number of nitrogens with two attached hydrogens (primary N) is 2. The van der Waals surface area contributed by atoms with Gasteiger partial charge in [-0.25, -0.2) is 0 Å². The molecule has 0 atom stereocenters. The first-order valence-corrected chi connectivity index (χ1v) is 4.68. The first kappa shape index (κ1) is 5.16. The summed E-state index contributed by atoms with van der Waals surface area (Å²) in [6, 6.07) is -1.46. The Bertz CT molecular complexity index is 743. The van der Waals surface area contributed by atoms with E-state index in [1.165, 1.54) is 0 Å². The van der Waals surface area contributed by atoms with Crippen molar-refractivity contribution in [1.82, 2.24) is 15.2 Å². The zero-order valence-electron chi connectivity index (χ0n) is 14.5. The lowest BCUT2D eigenvalue weighted by atomic mass is 10.1. The van der Waals surface area contributed by atoms with Gasteiger partial charge in [0.25, 0.3) is 0 Å². The smallest absolute Gasteiger partial charge is 0.242 e. The van der Waals surface area contributed by atoms with Gasteiger partial charge in [0.2, 0.25) is 5.95 Å². The topological polar surface area (TPSA) is 90.7 Å². The predicted octanol–water partition coefficient (Wildman–Crippen LogP) is 2.01. The first-order chi connectivity index (χ1) is 10.7. The zero-order valence-corrected chi connectivity index (χ0v) is 9.00. The van der Waals surface area contributed by atoms with E-state index in [1.54, 1.807) is 0 Å². The fourth-order valence-electron chi connectivity index (χ4n) is 1.00.